The topological polar surface area (TPSA) is 64.3 Å². The van der Waals surface area contributed by atoms with E-state index in [1.165, 1.54) is 0 Å². The molecule has 0 aliphatic carbocycles. The Morgan fingerprint density at radius 2 is 1.69 bits per heavy atom. The van der Waals surface area contributed by atoms with Crippen LogP contribution in [-0.2, 0) is 6.54 Å². The van der Waals surface area contributed by atoms with Gasteiger partial charge in [-0.25, -0.2) is 4.79 Å². The molecule has 0 fully saturated rings. The van der Waals surface area contributed by atoms with Gasteiger partial charge in [0.25, 0.3) is 0 Å². The summed E-state index contributed by atoms with van der Waals surface area (Å²) in [5, 5.41) is 14.4. The average molecular weight is 427 g/mol. The molecule has 1 aromatic heterocycles. The van der Waals surface area contributed by atoms with E-state index in [-0.39, 0.29) is 5.56 Å². The molecule has 5 nitrogen and oxygen atoms in total. The van der Waals surface area contributed by atoms with Gasteiger partial charge in [0.15, 0.2) is 0 Å². The molecule has 0 aliphatic heterocycles. The van der Waals surface area contributed by atoms with Gasteiger partial charge in [0.05, 0.1) is 30.1 Å². The van der Waals surface area contributed by atoms with Crippen LogP contribution < -0.4 is 4.74 Å². The van der Waals surface area contributed by atoms with E-state index in [0.29, 0.717) is 30.2 Å². The highest BCUT2D eigenvalue weighted by Gasteiger charge is 2.17. The standard InChI is InChI=1S/C27H26N2O3/c1-2-3-16-32-26-15-14-22(27(30)31)17-23(26)24-18-25(21-12-8-5-9-13-21)29(28-24)19-20-10-6-4-7-11-20/h4-15,17-18H,2-3,16,19H2,1H3,(H,30,31). The van der Waals surface area contributed by atoms with Crippen LogP contribution >= 0.6 is 0 Å². The fourth-order valence-electron chi connectivity index (χ4n) is 3.58. The fraction of sp³-hybridized carbons (Fsp3) is 0.185. The maximum atomic E-state index is 11.6. The molecule has 0 unspecified atom stereocenters. The molecule has 0 saturated carbocycles. The van der Waals surface area contributed by atoms with Crippen LogP contribution in [0.1, 0.15) is 35.7 Å². The zero-order valence-corrected chi connectivity index (χ0v) is 18.1. The number of unbranched alkanes of at least 4 members (excludes halogenated alkanes) is 1. The van der Waals surface area contributed by atoms with Crippen LogP contribution in [0.15, 0.2) is 84.9 Å². The van der Waals surface area contributed by atoms with Crippen LogP contribution in [0.5, 0.6) is 5.75 Å². The number of carboxylic acids is 1. The minimum absolute atomic E-state index is 0.210. The third-order valence-corrected chi connectivity index (χ3v) is 5.28. The van der Waals surface area contributed by atoms with E-state index in [9.17, 15) is 9.90 Å². The van der Waals surface area contributed by atoms with Crippen molar-refractivity contribution in [2.75, 3.05) is 6.61 Å². The summed E-state index contributed by atoms with van der Waals surface area (Å²) < 4.78 is 7.96. The van der Waals surface area contributed by atoms with E-state index >= 15 is 0 Å². The van der Waals surface area contributed by atoms with Crippen molar-refractivity contribution in [2.24, 2.45) is 0 Å². The highest BCUT2D eigenvalue weighted by molar-refractivity contribution is 5.90. The maximum Gasteiger partial charge on any atom is 0.335 e. The number of ether oxygens (including phenoxy) is 1. The number of benzene rings is 3. The van der Waals surface area contributed by atoms with Crippen LogP contribution in [0.2, 0.25) is 0 Å². The summed E-state index contributed by atoms with van der Waals surface area (Å²) in [5.74, 6) is -0.328. The lowest BCUT2D eigenvalue weighted by Gasteiger charge is -2.11. The highest BCUT2D eigenvalue weighted by atomic mass is 16.5. The average Bonchev–Trinajstić information content (AvgIpc) is 3.24. The van der Waals surface area contributed by atoms with Crippen LogP contribution in [-0.4, -0.2) is 27.5 Å². The number of hydrogen-bond donors (Lipinski definition) is 1. The van der Waals surface area contributed by atoms with Gasteiger partial charge in [0.2, 0.25) is 0 Å². The number of hydrogen-bond acceptors (Lipinski definition) is 3. The molecule has 4 aromatic rings. The first-order chi connectivity index (χ1) is 15.7. The van der Waals surface area contributed by atoms with Gasteiger partial charge >= 0.3 is 5.97 Å². The number of rotatable bonds is 9. The predicted molar refractivity (Wildman–Crippen MR) is 126 cm³/mol. The van der Waals surface area contributed by atoms with E-state index in [0.717, 1.165) is 29.7 Å². The first-order valence-corrected chi connectivity index (χ1v) is 10.8. The minimum atomic E-state index is -0.974. The molecular formula is C27H26N2O3. The van der Waals surface area contributed by atoms with Crippen molar-refractivity contribution in [3.63, 3.8) is 0 Å². The Balaban J connectivity index is 1.81. The molecule has 162 valence electrons. The molecular weight excluding hydrogens is 400 g/mol. The van der Waals surface area contributed by atoms with Gasteiger partial charge in [-0.2, -0.15) is 5.10 Å². The first kappa shape index (κ1) is 21.4. The third-order valence-electron chi connectivity index (χ3n) is 5.28. The summed E-state index contributed by atoms with van der Waals surface area (Å²) in [6, 6.07) is 27.2. The van der Waals surface area contributed by atoms with Gasteiger partial charge in [-0.1, -0.05) is 74.0 Å². The van der Waals surface area contributed by atoms with Crippen LogP contribution in [0.4, 0.5) is 0 Å². The smallest absolute Gasteiger partial charge is 0.335 e. The van der Waals surface area contributed by atoms with E-state index in [1.54, 1.807) is 18.2 Å². The fourth-order valence-corrected chi connectivity index (χ4v) is 3.58. The van der Waals surface area contributed by atoms with Gasteiger partial charge in [-0.05, 0) is 41.8 Å². The van der Waals surface area contributed by atoms with E-state index < -0.39 is 5.97 Å². The van der Waals surface area contributed by atoms with Crippen molar-refractivity contribution in [1.29, 1.82) is 0 Å². The largest absolute Gasteiger partial charge is 0.493 e. The van der Waals surface area contributed by atoms with Crippen molar-refractivity contribution in [1.82, 2.24) is 9.78 Å². The maximum absolute atomic E-state index is 11.6. The van der Waals surface area contributed by atoms with Gasteiger partial charge in [-0.15, -0.1) is 0 Å². The molecule has 32 heavy (non-hydrogen) atoms. The highest BCUT2D eigenvalue weighted by Crippen LogP contribution is 2.34. The number of carboxylic acid groups (broad SMARTS) is 1. The Labute approximate surface area is 187 Å². The second-order valence-corrected chi connectivity index (χ2v) is 7.64. The second-order valence-electron chi connectivity index (χ2n) is 7.64. The molecule has 1 heterocycles. The summed E-state index contributed by atoms with van der Waals surface area (Å²) in [6.45, 7) is 3.29. The summed E-state index contributed by atoms with van der Waals surface area (Å²) in [4.78, 5) is 11.6. The van der Waals surface area contributed by atoms with Gasteiger partial charge in [0, 0.05) is 5.56 Å². The number of aromatic nitrogens is 2. The van der Waals surface area contributed by atoms with E-state index in [2.05, 4.69) is 31.2 Å². The van der Waals surface area contributed by atoms with Crippen molar-refractivity contribution >= 4 is 5.97 Å². The van der Waals surface area contributed by atoms with Crippen molar-refractivity contribution in [3.05, 3.63) is 96.1 Å². The molecule has 0 bridgehead atoms. The Bertz CT molecular complexity index is 1180. The Kier molecular flexibility index (Phi) is 6.66. The zero-order valence-electron chi connectivity index (χ0n) is 18.1. The third kappa shape index (κ3) is 4.89. The van der Waals surface area contributed by atoms with Crippen molar-refractivity contribution in [2.45, 2.75) is 26.3 Å². The minimum Gasteiger partial charge on any atom is -0.493 e. The van der Waals surface area contributed by atoms with E-state index in [1.807, 2.05) is 47.1 Å². The number of carbonyl (C=O) groups is 1. The zero-order chi connectivity index (χ0) is 22.3. The molecule has 1 N–H and O–H groups in total. The Morgan fingerprint density at radius 3 is 2.38 bits per heavy atom. The lowest BCUT2D eigenvalue weighted by atomic mass is 10.1. The van der Waals surface area contributed by atoms with Gasteiger partial charge < -0.3 is 9.84 Å². The van der Waals surface area contributed by atoms with Crippen LogP contribution in [0.25, 0.3) is 22.5 Å². The van der Waals surface area contributed by atoms with Crippen molar-refractivity contribution < 1.29 is 14.6 Å². The van der Waals surface area contributed by atoms with Gasteiger partial charge in [-0.3, -0.25) is 4.68 Å². The second kappa shape index (κ2) is 9.96. The summed E-state index contributed by atoms with van der Waals surface area (Å²) in [6.07, 6.45) is 1.95. The molecule has 0 atom stereocenters. The monoisotopic (exact) mass is 426 g/mol. The Morgan fingerprint density at radius 1 is 0.969 bits per heavy atom. The summed E-state index contributed by atoms with van der Waals surface area (Å²) in [7, 11) is 0. The molecule has 0 amide bonds. The number of nitrogens with zero attached hydrogens (tertiary/aromatic N) is 2. The lowest BCUT2D eigenvalue weighted by Crippen LogP contribution is -2.04. The quantitative estimate of drug-likeness (QED) is 0.326. The lowest BCUT2D eigenvalue weighted by molar-refractivity contribution is 0.0697. The summed E-state index contributed by atoms with van der Waals surface area (Å²) in [5.41, 5.74) is 4.73. The molecule has 5 heteroatoms. The summed E-state index contributed by atoms with van der Waals surface area (Å²) >= 11 is 0. The number of aromatic carboxylic acids is 1. The first-order valence-electron chi connectivity index (χ1n) is 10.8. The van der Waals surface area contributed by atoms with E-state index in [4.69, 9.17) is 9.84 Å². The van der Waals surface area contributed by atoms with Crippen LogP contribution in [0, 0.1) is 0 Å². The molecule has 0 spiro atoms. The Hall–Kier alpha value is -3.86. The molecule has 0 aliphatic rings. The van der Waals surface area contributed by atoms with Crippen LogP contribution in [0.3, 0.4) is 0 Å². The van der Waals surface area contributed by atoms with Crippen molar-refractivity contribution in [3.8, 4) is 28.3 Å². The normalized spacial score (nSPS) is 10.8. The van der Waals surface area contributed by atoms with Gasteiger partial charge in [0.1, 0.15) is 5.75 Å². The molecule has 0 saturated heterocycles. The SMILES string of the molecule is CCCCOc1ccc(C(=O)O)cc1-c1cc(-c2ccccc2)n(Cc2ccccc2)n1. The predicted octanol–water partition coefficient (Wildman–Crippen LogP) is 6.14. The molecule has 0 radical (unpaired) electrons. The molecule has 3 aromatic carbocycles. The molecule has 4 rings (SSSR count).